The molecular formula is C15H28O4. The molecule has 112 valence electrons. The van der Waals surface area contributed by atoms with E-state index in [0.29, 0.717) is 32.5 Å². The van der Waals surface area contributed by atoms with Crippen LogP contribution in [0.3, 0.4) is 0 Å². The van der Waals surface area contributed by atoms with Crippen molar-refractivity contribution in [3.05, 3.63) is 0 Å². The van der Waals surface area contributed by atoms with Gasteiger partial charge in [0.15, 0.2) is 0 Å². The Morgan fingerprint density at radius 1 is 1.21 bits per heavy atom. The number of hydrogen-bond donors (Lipinski definition) is 0. The minimum atomic E-state index is -0.0562. The lowest BCUT2D eigenvalue weighted by atomic mass is 9.86. The van der Waals surface area contributed by atoms with Crippen LogP contribution >= 0.6 is 0 Å². The number of unbranched alkanes of at least 4 members (excludes halogenated alkanes) is 1. The normalized spacial score (nSPS) is 16.9. The first-order valence-corrected chi connectivity index (χ1v) is 7.60. The molecule has 0 aliphatic heterocycles. The van der Waals surface area contributed by atoms with Gasteiger partial charge in [-0.15, -0.1) is 0 Å². The topological polar surface area (TPSA) is 44.8 Å². The molecule has 1 unspecified atom stereocenters. The molecule has 0 aromatic carbocycles. The fourth-order valence-corrected chi connectivity index (χ4v) is 1.95. The zero-order valence-electron chi connectivity index (χ0n) is 12.4. The van der Waals surface area contributed by atoms with Crippen LogP contribution in [-0.4, -0.2) is 38.5 Å². The summed E-state index contributed by atoms with van der Waals surface area (Å²) in [7, 11) is 0. The minimum Gasteiger partial charge on any atom is -0.463 e. The van der Waals surface area contributed by atoms with Crippen molar-refractivity contribution in [3.63, 3.8) is 0 Å². The highest BCUT2D eigenvalue weighted by molar-refractivity contribution is 5.73. The Morgan fingerprint density at radius 3 is 2.58 bits per heavy atom. The number of ether oxygens (including phenoxy) is 3. The Morgan fingerprint density at radius 2 is 1.95 bits per heavy atom. The van der Waals surface area contributed by atoms with E-state index >= 15 is 0 Å². The smallest absolute Gasteiger partial charge is 0.309 e. The predicted molar refractivity (Wildman–Crippen MR) is 74.1 cm³/mol. The van der Waals surface area contributed by atoms with Crippen molar-refractivity contribution in [1.82, 2.24) is 0 Å². The summed E-state index contributed by atoms with van der Waals surface area (Å²) in [5, 5.41) is 0. The maximum absolute atomic E-state index is 11.4. The van der Waals surface area contributed by atoms with Gasteiger partial charge in [0.25, 0.3) is 0 Å². The highest BCUT2D eigenvalue weighted by Crippen LogP contribution is 2.27. The predicted octanol–water partition coefficient (Wildman–Crippen LogP) is 2.94. The lowest BCUT2D eigenvalue weighted by Crippen LogP contribution is -2.25. The number of carbonyl (C=O) groups excluding carboxylic acids is 1. The lowest BCUT2D eigenvalue weighted by Gasteiger charge is -2.22. The summed E-state index contributed by atoms with van der Waals surface area (Å²) < 4.78 is 16.1. The Labute approximate surface area is 116 Å². The summed E-state index contributed by atoms with van der Waals surface area (Å²) in [4.78, 5) is 11.4. The van der Waals surface area contributed by atoms with Crippen LogP contribution in [0, 0.1) is 5.92 Å². The van der Waals surface area contributed by atoms with Crippen LogP contribution in [-0.2, 0) is 19.0 Å². The number of carbonyl (C=O) groups is 1. The molecule has 1 aliphatic carbocycles. The standard InChI is InChI=1S/C15H28O4/c1-3-4-6-13(2)18-11-9-17-10-12-19-15(16)14-7-5-8-14/h13-14H,3-12H2,1-2H3. The highest BCUT2D eigenvalue weighted by atomic mass is 16.6. The van der Waals surface area contributed by atoms with Crippen molar-refractivity contribution in [3.8, 4) is 0 Å². The molecule has 19 heavy (non-hydrogen) atoms. The molecule has 1 aliphatic rings. The molecule has 0 N–H and O–H groups in total. The second kappa shape index (κ2) is 10.2. The summed E-state index contributed by atoms with van der Waals surface area (Å²) in [5.74, 6) is 0.0991. The van der Waals surface area contributed by atoms with Crippen LogP contribution in [0.5, 0.6) is 0 Å². The third kappa shape index (κ3) is 7.53. The van der Waals surface area contributed by atoms with Crippen molar-refractivity contribution in [2.24, 2.45) is 5.92 Å². The zero-order valence-corrected chi connectivity index (χ0v) is 12.4. The van der Waals surface area contributed by atoms with E-state index in [1.54, 1.807) is 0 Å². The van der Waals surface area contributed by atoms with Gasteiger partial charge < -0.3 is 14.2 Å². The molecule has 0 aromatic rings. The maximum atomic E-state index is 11.4. The largest absolute Gasteiger partial charge is 0.463 e. The number of rotatable bonds is 11. The molecule has 4 nitrogen and oxygen atoms in total. The van der Waals surface area contributed by atoms with Crippen LogP contribution in [0.1, 0.15) is 52.4 Å². The Balaban J connectivity index is 1.81. The number of esters is 1. The van der Waals surface area contributed by atoms with Gasteiger partial charge in [-0.2, -0.15) is 0 Å². The molecule has 0 amide bonds. The first-order chi connectivity index (χ1) is 9.24. The Bertz CT molecular complexity index is 238. The van der Waals surface area contributed by atoms with Crippen LogP contribution in [0.25, 0.3) is 0 Å². The van der Waals surface area contributed by atoms with E-state index in [1.807, 2.05) is 0 Å². The van der Waals surface area contributed by atoms with Crippen LogP contribution in [0.4, 0.5) is 0 Å². The summed E-state index contributed by atoms with van der Waals surface area (Å²) in [6, 6.07) is 0. The Hall–Kier alpha value is -0.610. The molecule has 1 rings (SSSR count). The monoisotopic (exact) mass is 272 g/mol. The fourth-order valence-electron chi connectivity index (χ4n) is 1.95. The van der Waals surface area contributed by atoms with Crippen LogP contribution in [0.2, 0.25) is 0 Å². The third-order valence-electron chi connectivity index (χ3n) is 3.50. The zero-order chi connectivity index (χ0) is 13.9. The molecule has 0 saturated heterocycles. The minimum absolute atomic E-state index is 0.0562. The highest BCUT2D eigenvalue weighted by Gasteiger charge is 2.26. The fraction of sp³-hybridized carbons (Fsp3) is 0.933. The third-order valence-corrected chi connectivity index (χ3v) is 3.50. The van der Waals surface area contributed by atoms with Crippen molar-refractivity contribution >= 4 is 5.97 Å². The number of hydrogen-bond acceptors (Lipinski definition) is 4. The van der Waals surface area contributed by atoms with E-state index in [9.17, 15) is 4.79 Å². The van der Waals surface area contributed by atoms with Gasteiger partial charge in [0.2, 0.25) is 0 Å². The van der Waals surface area contributed by atoms with E-state index < -0.39 is 0 Å². The summed E-state index contributed by atoms with van der Waals surface area (Å²) in [6.07, 6.45) is 6.96. The molecule has 0 bridgehead atoms. The van der Waals surface area contributed by atoms with Gasteiger partial charge in [0.05, 0.1) is 31.8 Å². The van der Waals surface area contributed by atoms with Crippen molar-refractivity contribution in [2.45, 2.75) is 58.5 Å². The first kappa shape index (κ1) is 16.4. The maximum Gasteiger partial charge on any atom is 0.309 e. The first-order valence-electron chi connectivity index (χ1n) is 7.60. The quantitative estimate of drug-likeness (QED) is 0.428. The van der Waals surface area contributed by atoms with E-state index in [2.05, 4.69) is 13.8 Å². The van der Waals surface area contributed by atoms with Gasteiger partial charge >= 0.3 is 5.97 Å². The van der Waals surface area contributed by atoms with Gasteiger partial charge in [0, 0.05) is 0 Å². The molecule has 0 heterocycles. The molecule has 1 saturated carbocycles. The summed E-state index contributed by atoms with van der Waals surface area (Å²) >= 11 is 0. The molecule has 4 heteroatoms. The molecule has 0 aromatic heterocycles. The Kier molecular flexibility index (Phi) is 8.84. The molecule has 0 radical (unpaired) electrons. The van der Waals surface area contributed by atoms with Gasteiger partial charge in [-0.05, 0) is 26.2 Å². The second-order valence-corrected chi connectivity index (χ2v) is 5.23. The van der Waals surface area contributed by atoms with E-state index in [4.69, 9.17) is 14.2 Å². The average Bonchev–Trinajstić information content (AvgIpc) is 2.33. The molecular weight excluding hydrogens is 244 g/mol. The summed E-state index contributed by atoms with van der Waals surface area (Å²) in [6.45, 7) is 6.28. The van der Waals surface area contributed by atoms with Crippen molar-refractivity contribution in [1.29, 1.82) is 0 Å². The van der Waals surface area contributed by atoms with Crippen molar-refractivity contribution in [2.75, 3.05) is 26.4 Å². The van der Waals surface area contributed by atoms with E-state index in [-0.39, 0.29) is 11.9 Å². The second-order valence-electron chi connectivity index (χ2n) is 5.23. The molecule has 1 atom stereocenters. The van der Waals surface area contributed by atoms with Crippen LogP contribution in [0.15, 0.2) is 0 Å². The van der Waals surface area contributed by atoms with E-state index in [0.717, 1.165) is 25.7 Å². The average molecular weight is 272 g/mol. The van der Waals surface area contributed by atoms with Crippen molar-refractivity contribution < 1.29 is 19.0 Å². The van der Waals surface area contributed by atoms with E-state index in [1.165, 1.54) is 12.8 Å². The molecule has 1 fully saturated rings. The molecule has 0 spiro atoms. The SMILES string of the molecule is CCCCC(C)OCCOCCOC(=O)C1CCC1. The lowest BCUT2D eigenvalue weighted by molar-refractivity contribution is -0.153. The summed E-state index contributed by atoms with van der Waals surface area (Å²) in [5.41, 5.74) is 0. The van der Waals surface area contributed by atoms with Gasteiger partial charge in [-0.25, -0.2) is 0 Å². The van der Waals surface area contributed by atoms with Gasteiger partial charge in [-0.1, -0.05) is 26.2 Å². The van der Waals surface area contributed by atoms with Gasteiger partial charge in [-0.3, -0.25) is 4.79 Å². The van der Waals surface area contributed by atoms with Crippen LogP contribution < -0.4 is 0 Å². The van der Waals surface area contributed by atoms with Gasteiger partial charge in [0.1, 0.15) is 6.61 Å².